The van der Waals surface area contributed by atoms with Crippen molar-refractivity contribution < 1.29 is 21.9 Å². The van der Waals surface area contributed by atoms with E-state index >= 15 is 0 Å². The van der Waals surface area contributed by atoms with Crippen molar-refractivity contribution in [1.82, 2.24) is 0 Å². The van der Waals surface area contributed by atoms with E-state index in [0.29, 0.717) is 17.9 Å². The Morgan fingerprint density at radius 1 is 1.11 bits per heavy atom. The Hall–Kier alpha value is -1.92. The van der Waals surface area contributed by atoms with E-state index in [4.69, 9.17) is 16.3 Å². The Morgan fingerprint density at radius 2 is 1.78 bits per heavy atom. The first kappa shape index (κ1) is 18.4. The maximum Gasteiger partial charge on any atom is 0.188 e. The van der Waals surface area contributed by atoms with Crippen molar-refractivity contribution in [2.24, 2.45) is 5.92 Å². The molecule has 27 heavy (non-hydrogen) atoms. The molecule has 0 spiro atoms. The van der Waals surface area contributed by atoms with Gasteiger partial charge in [-0.1, -0.05) is 23.8 Å². The van der Waals surface area contributed by atoms with E-state index in [1.165, 1.54) is 24.3 Å². The van der Waals surface area contributed by atoms with Gasteiger partial charge in [-0.2, -0.15) is 0 Å². The van der Waals surface area contributed by atoms with Crippen molar-refractivity contribution in [1.29, 1.82) is 0 Å². The lowest BCUT2D eigenvalue weighted by atomic mass is 9.71. The van der Waals surface area contributed by atoms with E-state index in [1.54, 1.807) is 0 Å². The molecule has 1 saturated carbocycles. The van der Waals surface area contributed by atoms with Crippen LogP contribution in [0.15, 0.2) is 53.4 Å². The molecule has 7 heteroatoms. The van der Waals surface area contributed by atoms with Crippen molar-refractivity contribution in [3.8, 4) is 5.75 Å². The third-order valence-electron chi connectivity index (χ3n) is 5.56. The predicted molar refractivity (Wildman–Crippen MR) is 98.6 cm³/mol. The van der Waals surface area contributed by atoms with Crippen LogP contribution in [0.2, 0.25) is 5.02 Å². The normalized spacial score (nSPS) is 24.7. The van der Waals surface area contributed by atoms with Gasteiger partial charge in [0.05, 0.1) is 17.1 Å². The van der Waals surface area contributed by atoms with Crippen LogP contribution in [0.3, 0.4) is 0 Å². The van der Waals surface area contributed by atoms with Crippen molar-refractivity contribution >= 4 is 21.4 Å². The van der Waals surface area contributed by atoms with Crippen LogP contribution in [0.4, 0.5) is 8.78 Å². The summed E-state index contributed by atoms with van der Waals surface area (Å²) >= 11 is 5.89. The van der Waals surface area contributed by atoms with Crippen molar-refractivity contribution in [2.75, 3.05) is 6.61 Å². The minimum absolute atomic E-state index is 0.0147. The zero-order valence-electron chi connectivity index (χ0n) is 14.3. The fourth-order valence-corrected chi connectivity index (χ4v) is 6.73. The molecule has 2 aromatic rings. The SMILES string of the molecule is C=C1CCC2(S(=O)(=O)c3ccc(Cl)cc3)c3c(F)ccc(F)c3OC[C@H]2C1. The average molecular weight is 411 g/mol. The van der Waals surface area contributed by atoms with E-state index in [-0.39, 0.29) is 29.2 Å². The van der Waals surface area contributed by atoms with Gasteiger partial charge < -0.3 is 4.74 Å². The van der Waals surface area contributed by atoms with Gasteiger partial charge in [-0.3, -0.25) is 0 Å². The van der Waals surface area contributed by atoms with Crippen molar-refractivity contribution in [2.45, 2.75) is 28.9 Å². The number of hydrogen-bond acceptors (Lipinski definition) is 3. The number of sulfone groups is 1. The smallest absolute Gasteiger partial charge is 0.188 e. The molecule has 3 nitrogen and oxygen atoms in total. The molecular weight excluding hydrogens is 394 g/mol. The average Bonchev–Trinajstić information content (AvgIpc) is 2.64. The summed E-state index contributed by atoms with van der Waals surface area (Å²) in [6.45, 7) is 3.95. The van der Waals surface area contributed by atoms with Crippen molar-refractivity contribution in [3.63, 3.8) is 0 Å². The fraction of sp³-hybridized carbons (Fsp3) is 0.300. The molecule has 0 saturated heterocycles. The van der Waals surface area contributed by atoms with Gasteiger partial charge in [-0.25, -0.2) is 17.2 Å². The lowest BCUT2D eigenvalue weighted by molar-refractivity contribution is 0.141. The van der Waals surface area contributed by atoms with Crippen LogP contribution in [0.25, 0.3) is 0 Å². The van der Waals surface area contributed by atoms with Gasteiger partial charge in [-0.15, -0.1) is 0 Å². The Balaban J connectivity index is 2.03. The highest BCUT2D eigenvalue weighted by molar-refractivity contribution is 7.92. The molecule has 0 radical (unpaired) electrons. The summed E-state index contributed by atoms with van der Waals surface area (Å²) < 4.78 is 60.7. The molecule has 0 aromatic heterocycles. The second kappa shape index (κ2) is 6.31. The highest BCUT2D eigenvalue weighted by Crippen LogP contribution is 2.57. The summed E-state index contributed by atoms with van der Waals surface area (Å²) in [5.74, 6) is -2.40. The van der Waals surface area contributed by atoms with Crippen LogP contribution in [-0.2, 0) is 14.6 Å². The Bertz CT molecular complexity index is 1030. The lowest BCUT2D eigenvalue weighted by Crippen LogP contribution is -2.51. The Labute approximate surface area is 161 Å². The second-order valence-corrected chi connectivity index (χ2v) is 9.69. The number of fused-ring (bicyclic) bond motifs is 3. The van der Waals surface area contributed by atoms with Crippen LogP contribution in [-0.4, -0.2) is 15.0 Å². The second-order valence-electron chi connectivity index (χ2n) is 7.04. The van der Waals surface area contributed by atoms with Crippen LogP contribution in [0.5, 0.6) is 5.75 Å². The maximum absolute atomic E-state index is 14.9. The first-order valence-electron chi connectivity index (χ1n) is 8.55. The van der Waals surface area contributed by atoms with Crippen LogP contribution in [0.1, 0.15) is 24.8 Å². The van der Waals surface area contributed by atoms with Crippen LogP contribution < -0.4 is 4.74 Å². The molecule has 1 aliphatic carbocycles. The summed E-state index contributed by atoms with van der Waals surface area (Å²) in [7, 11) is -4.06. The summed E-state index contributed by atoms with van der Waals surface area (Å²) in [6.07, 6.45) is 0.916. The molecule has 1 fully saturated rings. The van der Waals surface area contributed by atoms with Gasteiger partial charge >= 0.3 is 0 Å². The molecule has 1 aliphatic heterocycles. The van der Waals surface area contributed by atoms with Crippen molar-refractivity contribution in [3.05, 3.63) is 70.8 Å². The largest absolute Gasteiger partial charge is 0.490 e. The number of allylic oxidation sites excluding steroid dienone is 1. The molecule has 0 N–H and O–H groups in total. The Kier molecular flexibility index (Phi) is 4.31. The number of hydrogen-bond donors (Lipinski definition) is 0. The fourth-order valence-electron chi connectivity index (χ4n) is 4.27. The highest BCUT2D eigenvalue weighted by atomic mass is 35.5. The number of rotatable bonds is 2. The number of ether oxygens (including phenoxy) is 1. The Morgan fingerprint density at radius 3 is 2.48 bits per heavy atom. The molecule has 2 atom stereocenters. The molecular formula is C20H17ClF2O3S. The topological polar surface area (TPSA) is 43.4 Å². The molecule has 0 bridgehead atoms. The highest BCUT2D eigenvalue weighted by Gasteiger charge is 2.58. The van der Waals surface area contributed by atoms with Crippen LogP contribution in [0, 0.1) is 17.6 Å². The summed E-state index contributed by atoms with van der Waals surface area (Å²) in [4.78, 5) is 0.0286. The monoisotopic (exact) mass is 410 g/mol. The summed E-state index contributed by atoms with van der Waals surface area (Å²) in [5, 5.41) is 0.393. The molecule has 142 valence electrons. The zero-order chi connectivity index (χ0) is 19.4. The van der Waals surface area contributed by atoms with Crippen LogP contribution >= 0.6 is 11.6 Å². The van der Waals surface area contributed by atoms with E-state index < -0.39 is 32.1 Å². The molecule has 1 unspecified atom stereocenters. The summed E-state index contributed by atoms with van der Waals surface area (Å²) in [6, 6.07) is 7.67. The quantitative estimate of drug-likeness (QED) is 0.652. The molecule has 2 aromatic carbocycles. The summed E-state index contributed by atoms with van der Waals surface area (Å²) in [5.41, 5.74) is 0.673. The zero-order valence-corrected chi connectivity index (χ0v) is 15.9. The molecule has 4 rings (SSSR count). The van der Waals surface area contributed by atoms with E-state index in [9.17, 15) is 17.2 Å². The maximum atomic E-state index is 14.9. The van der Waals surface area contributed by atoms with Gasteiger partial charge in [0, 0.05) is 10.9 Å². The van der Waals surface area contributed by atoms with E-state index in [1.807, 2.05) is 0 Å². The minimum Gasteiger partial charge on any atom is -0.490 e. The van der Waals surface area contributed by atoms with Gasteiger partial charge in [0.15, 0.2) is 21.4 Å². The molecule has 1 heterocycles. The third kappa shape index (κ3) is 2.61. The van der Waals surface area contributed by atoms with Gasteiger partial charge in [-0.05, 0) is 55.7 Å². The molecule has 0 amide bonds. The number of halogens is 3. The lowest BCUT2D eigenvalue weighted by Gasteiger charge is -2.47. The number of benzene rings is 2. The third-order valence-corrected chi connectivity index (χ3v) is 8.40. The van der Waals surface area contributed by atoms with E-state index in [0.717, 1.165) is 17.7 Å². The standard InChI is InChI=1S/C20H17ClF2O3S/c1-12-8-9-20(27(24,25)15-4-2-14(21)3-5-15)13(10-12)11-26-19-17(23)7-6-16(22)18(19)20/h2-7,13H,1,8-11H2/t13-,20?/m1/s1. The first-order chi connectivity index (χ1) is 12.8. The van der Waals surface area contributed by atoms with E-state index in [2.05, 4.69) is 6.58 Å². The minimum atomic E-state index is -4.06. The first-order valence-corrected chi connectivity index (χ1v) is 10.4. The van der Waals surface area contributed by atoms with Gasteiger partial charge in [0.2, 0.25) is 0 Å². The van der Waals surface area contributed by atoms with Gasteiger partial charge in [0.1, 0.15) is 10.6 Å². The predicted octanol–water partition coefficient (Wildman–Crippen LogP) is 5.04. The molecule has 2 aliphatic rings. The van der Waals surface area contributed by atoms with Gasteiger partial charge in [0.25, 0.3) is 0 Å².